The Bertz CT molecular complexity index is 523. The van der Waals surface area contributed by atoms with Crippen LogP contribution in [-0.4, -0.2) is 35.4 Å². The molecule has 2 rings (SSSR count). The van der Waals surface area contributed by atoms with E-state index in [4.69, 9.17) is 11.6 Å². The SMILES string of the molecule is CNC(=O)C1CCCN1c1nc(Cl)ccc1[N+](=O)[O-]. The molecule has 8 heteroatoms. The van der Waals surface area contributed by atoms with Gasteiger partial charge in [0, 0.05) is 19.7 Å². The Balaban J connectivity index is 2.42. The molecule has 1 amide bonds. The van der Waals surface area contributed by atoms with Gasteiger partial charge >= 0.3 is 5.69 Å². The first-order valence-corrected chi connectivity index (χ1v) is 6.21. The van der Waals surface area contributed by atoms with Crippen LogP contribution in [0.2, 0.25) is 5.15 Å². The third-order valence-corrected chi connectivity index (χ3v) is 3.30. The van der Waals surface area contributed by atoms with E-state index < -0.39 is 11.0 Å². The summed E-state index contributed by atoms with van der Waals surface area (Å²) < 4.78 is 0. The Morgan fingerprint density at radius 3 is 3.00 bits per heavy atom. The molecule has 0 aliphatic carbocycles. The van der Waals surface area contributed by atoms with Crippen LogP contribution in [0.4, 0.5) is 11.5 Å². The minimum atomic E-state index is -0.516. The molecule has 1 unspecified atom stereocenters. The molecule has 0 radical (unpaired) electrons. The van der Waals surface area contributed by atoms with E-state index in [-0.39, 0.29) is 22.6 Å². The number of anilines is 1. The predicted molar refractivity (Wildman–Crippen MR) is 70.3 cm³/mol. The molecule has 0 spiro atoms. The van der Waals surface area contributed by atoms with Gasteiger partial charge in [0.15, 0.2) is 0 Å². The van der Waals surface area contributed by atoms with E-state index in [2.05, 4.69) is 10.3 Å². The topological polar surface area (TPSA) is 88.4 Å². The van der Waals surface area contributed by atoms with Crippen LogP contribution in [-0.2, 0) is 4.79 Å². The molecule has 19 heavy (non-hydrogen) atoms. The number of hydrogen-bond donors (Lipinski definition) is 1. The van der Waals surface area contributed by atoms with Crippen molar-refractivity contribution < 1.29 is 9.72 Å². The second-order valence-electron chi connectivity index (χ2n) is 4.20. The molecule has 1 fully saturated rings. The average Bonchev–Trinajstić information content (AvgIpc) is 2.86. The molecule has 1 saturated heterocycles. The fraction of sp³-hybridized carbons (Fsp3) is 0.455. The Labute approximate surface area is 114 Å². The number of rotatable bonds is 3. The van der Waals surface area contributed by atoms with Crippen LogP contribution in [0.5, 0.6) is 0 Å². The molecule has 7 nitrogen and oxygen atoms in total. The van der Waals surface area contributed by atoms with Crippen LogP contribution < -0.4 is 10.2 Å². The maximum atomic E-state index is 11.8. The van der Waals surface area contributed by atoms with E-state index in [9.17, 15) is 14.9 Å². The standard InChI is InChI=1S/C11H13ClN4O3/c1-13-11(17)8-3-2-6-15(8)10-7(16(18)19)4-5-9(12)14-10/h4-5,8H,2-3,6H2,1H3,(H,13,17). The van der Waals surface area contributed by atoms with Gasteiger partial charge in [-0.2, -0.15) is 0 Å². The summed E-state index contributed by atoms with van der Waals surface area (Å²) in [5.41, 5.74) is -0.139. The minimum Gasteiger partial charge on any atom is -0.357 e. The van der Waals surface area contributed by atoms with Crippen LogP contribution >= 0.6 is 11.6 Å². The number of aromatic nitrogens is 1. The van der Waals surface area contributed by atoms with E-state index >= 15 is 0 Å². The van der Waals surface area contributed by atoms with E-state index in [0.717, 1.165) is 6.42 Å². The smallest absolute Gasteiger partial charge is 0.311 e. The quantitative estimate of drug-likeness (QED) is 0.514. The number of amides is 1. The van der Waals surface area contributed by atoms with Crippen molar-refractivity contribution in [1.29, 1.82) is 0 Å². The molecular weight excluding hydrogens is 272 g/mol. The number of carbonyl (C=O) groups is 1. The van der Waals surface area contributed by atoms with Gasteiger partial charge in [0.25, 0.3) is 0 Å². The highest BCUT2D eigenvalue weighted by molar-refractivity contribution is 6.29. The van der Waals surface area contributed by atoms with Crippen LogP contribution in [0.25, 0.3) is 0 Å². The fourth-order valence-electron chi connectivity index (χ4n) is 2.23. The molecular formula is C11H13ClN4O3. The average molecular weight is 285 g/mol. The maximum absolute atomic E-state index is 11.8. The lowest BCUT2D eigenvalue weighted by Gasteiger charge is -2.23. The molecule has 0 saturated carbocycles. The van der Waals surface area contributed by atoms with Crippen molar-refractivity contribution in [1.82, 2.24) is 10.3 Å². The Hall–Kier alpha value is -1.89. The number of carbonyl (C=O) groups excluding carboxylic acids is 1. The molecule has 1 aromatic rings. The van der Waals surface area contributed by atoms with Gasteiger partial charge in [-0.3, -0.25) is 14.9 Å². The first-order valence-electron chi connectivity index (χ1n) is 5.83. The van der Waals surface area contributed by atoms with Crippen LogP contribution in [0.1, 0.15) is 12.8 Å². The van der Waals surface area contributed by atoms with Crippen molar-refractivity contribution in [3.05, 3.63) is 27.4 Å². The molecule has 1 aromatic heterocycles. The van der Waals surface area contributed by atoms with Gasteiger partial charge < -0.3 is 10.2 Å². The van der Waals surface area contributed by atoms with Gasteiger partial charge in [-0.15, -0.1) is 0 Å². The normalized spacial score (nSPS) is 18.4. The van der Waals surface area contributed by atoms with E-state index in [0.29, 0.717) is 13.0 Å². The first-order chi connectivity index (χ1) is 9.04. The first kappa shape index (κ1) is 13.5. The van der Waals surface area contributed by atoms with Crippen LogP contribution in [0, 0.1) is 10.1 Å². The summed E-state index contributed by atoms with van der Waals surface area (Å²) in [6.07, 6.45) is 1.43. The lowest BCUT2D eigenvalue weighted by Crippen LogP contribution is -2.42. The van der Waals surface area contributed by atoms with Crippen LogP contribution in [0.15, 0.2) is 12.1 Å². The molecule has 1 aliphatic rings. The summed E-state index contributed by atoms with van der Waals surface area (Å²) >= 11 is 5.80. The molecule has 1 N–H and O–H groups in total. The second kappa shape index (κ2) is 5.40. The Kier molecular flexibility index (Phi) is 3.84. The summed E-state index contributed by atoms with van der Waals surface area (Å²) in [7, 11) is 1.54. The third-order valence-electron chi connectivity index (χ3n) is 3.09. The zero-order chi connectivity index (χ0) is 14.0. The molecule has 2 heterocycles. The zero-order valence-corrected chi connectivity index (χ0v) is 11.1. The van der Waals surface area contributed by atoms with Gasteiger partial charge in [0.05, 0.1) is 4.92 Å². The van der Waals surface area contributed by atoms with Crippen molar-refractivity contribution in [2.75, 3.05) is 18.5 Å². The van der Waals surface area contributed by atoms with Gasteiger partial charge in [0.2, 0.25) is 11.7 Å². The molecule has 1 aliphatic heterocycles. The molecule has 1 atom stereocenters. The minimum absolute atomic E-state index is 0.139. The number of pyridine rings is 1. The Morgan fingerprint density at radius 1 is 1.63 bits per heavy atom. The number of halogens is 1. The van der Waals surface area contributed by atoms with Gasteiger partial charge in [-0.25, -0.2) is 4.98 Å². The highest BCUT2D eigenvalue weighted by atomic mass is 35.5. The number of nitrogens with one attached hydrogen (secondary N) is 1. The largest absolute Gasteiger partial charge is 0.357 e. The van der Waals surface area contributed by atoms with E-state index in [1.165, 1.54) is 12.1 Å². The summed E-state index contributed by atoms with van der Waals surface area (Å²) in [5, 5.41) is 13.8. The summed E-state index contributed by atoms with van der Waals surface area (Å²) in [5.74, 6) is -0.0165. The number of likely N-dealkylation sites (N-methyl/N-ethyl adjacent to an activating group) is 1. The summed E-state index contributed by atoms with van der Waals surface area (Å²) in [6.45, 7) is 0.548. The van der Waals surface area contributed by atoms with Crippen molar-refractivity contribution >= 4 is 29.0 Å². The fourth-order valence-corrected chi connectivity index (χ4v) is 2.37. The van der Waals surface area contributed by atoms with Gasteiger partial charge in [-0.05, 0) is 18.9 Å². The highest BCUT2D eigenvalue weighted by Gasteiger charge is 2.35. The van der Waals surface area contributed by atoms with Crippen molar-refractivity contribution in [2.24, 2.45) is 0 Å². The number of hydrogen-bond acceptors (Lipinski definition) is 5. The molecule has 102 valence electrons. The van der Waals surface area contributed by atoms with Crippen molar-refractivity contribution in [2.45, 2.75) is 18.9 Å². The highest BCUT2D eigenvalue weighted by Crippen LogP contribution is 2.32. The van der Waals surface area contributed by atoms with Crippen molar-refractivity contribution in [3.63, 3.8) is 0 Å². The second-order valence-corrected chi connectivity index (χ2v) is 4.59. The third kappa shape index (κ3) is 2.60. The predicted octanol–water partition coefficient (Wildman–Crippen LogP) is 1.36. The van der Waals surface area contributed by atoms with E-state index in [1.807, 2.05) is 0 Å². The van der Waals surface area contributed by atoms with Gasteiger partial charge in [-0.1, -0.05) is 11.6 Å². The van der Waals surface area contributed by atoms with Crippen LogP contribution in [0.3, 0.4) is 0 Å². The summed E-state index contributed by atoms with van der Waals surface area (Å²) in [4.78, 5) is 28.0. The Morgan fingerprint density at radius 2 is 2.37 bits per heavy atom. The number of nitrogens with zero attached hydrogens (tertiary/aromatic N) is 3. The summed E-state index contributed by atoms with van der Waals surface area (Å²) in [6, 6.07) is 2.24. The zero-order valence-electron chi connectivity index (χ0n) is 10.3. The van der Waals surface area contributed by atoms with Crippen molar-refractivity contribution in [3.8, 4) is 0 Å². The monoisotopic (exact) mass is 284 g/mol. The number of nitro groups is 1. The van der Waals surface area contributed by atoms with E-state index in [1.54, 1.807) is 11.9 Å². The lowest BCUT2D eigenvalue weighted by atomic mass is 10.2. The molecule has 0 aromatic carbocycles. The van der Waals surface area contributed by atoms with Gasteiger partial charge in [0.1, 0.15) is 11.2 Å². The maximum Gasteiger partial charge on any atom is 0.311 e. The molecule has 0 bridgehead atoms. The lowest BCUT2D eigenvalue weighted by molar-refractivity contribution is -0.384.